The molecule has 0 spiro atoms. The smallest absolute Gasteiger partial charge is 0.308 e. The number of hydrogen-bond donors (Lipinski definition) is 2. The van der Waals surface area contributed by atoms with E-state index in [1.807, 2.05) is 66.3 Å². The number of ether oxygens (including phenoxy) is 3. The minimum atomic E-state index is -0.674. The van der Waals surface area contributed by atoms with Crippen LogP contribution in [-0.4, -0.2) is 105 Å². The number of fused-ring (bicyclic) bond motifs is 6. The fourth-order valence-corrected chi connectivity index (χ4v) is 10.5. The van der Waals surface area contributed by atoms with Crippen molar-refractivity contribution in [1.29, 1.82) is 0 Å². The number of methoxy groups -OCH3 is 1. The van der Waals surface area contributed by atoms with Crippen molar-refractivity contribution in [3.8, 4) is 10.0 Å². The summed E-state index contributed by atoms with van der Waals surface area (Å²) in [5.74, 6) is 1.50. The zero-order chi connectivity index (χ0) is 45.9. The average molecular weight is 958 g/mol. The van der Waals surface area contributed by atoms with Gasteiger partial charge < -0.3 is 24.8 Å². The maximum Gasteiger partial charge on any atom is 0.308 e. The van der Waals surface area contributed by atoms with E-state index in [4.69, 9.17) is 47.4 Å². The number of esters is 1. The van der Waals surface area contributed by atoms with Gasteiger partial charge in [-0.2, -0.15) is 0 Å². The third-order valence-electron chi connectivity index (χ3n) is 11.1. The third kappa shape index (κ3) is 9.55. The molecule has 2 amide bonds. The first-order valence-electron chi connectivity index (χ1n) is 20.9. The lowest BCUT2D eigenvalue weighted by molar-refractivity contribution is -0.141. The van der Waals surface area contributed by atoms with Gasteiger partial charge in [-0.3, -0.25) is 33.5 Å². The molecule has 65 heavy (non-hydrogen) atoms. The second kappa shape index (κ2) is 19.9. The molecule has 2 unspecified atom stereocenters. The van der Waals surface area contributed by atoms with E-state index < -0.39 is 18.1 Å². The number of carbonyl (C=O) groups is 3. The molecule has 2 atom stereocenters. The largest absolute Gasteiger partial charge is 0.469 e. The standard InChI is InChI=1S/C45H46Cl2N10O6S2/c1-23-25(3)64-44-36(23)38(28-7-11-30(46)12-8-28)50-32(41-54-52-26(4)56(41)44)21-34(58)48-15-17-62-19-20-63-18-16-49-43(60)40-24(2)37-39(29-9-13-31(47)14-10-29)51-33(22-35(59)61-6)42-55-53-27(5)57(42)45(37)65-40/h7-14,32-33H,15-22H2,1-6H3,(H,48,58)(H,49,60). The molecule has 2 aliphatic rings. The number of carbonyl (C=O) groups excluding carboxylic acids is 3. The second-order valence-corrected chi connectivity index (χ2v) is 18.5. The Hall–Kier alpha value is -5.63. The van der Waals surface area contributed by atoms with E-state index >= 15 is 0 Å². The predicted octanol–water partition coefficient (Wildman–Crippen LogP) is 7.14. The van der Waals surface area contributed by atoms with E-state index in [1.165, 1.54) is 23.3 Å². The highest BCUT2D eigenvalue weighted by Crippen LogP contribution is 2.41. The third-order valence-corrected chi connectivity index (χ3v) is 14.1. The van der Waals surface area contributed by atoms with Crippen molar-refractivity contribution < 1.29 is 28.6 Å². The molecule has 6 aromatic rings. The number of amides is 2. The summed E-state index contributed by atoms with van der Waals surface area (Å²) in [6.07, 6.45) is 0.0301. The Bertz CT molecular complexity index is 2830. The Morgan fingerprint density at radius 2 is 1.14 bits per heavy atom. The fourth-order valence-electron chi connectivity index (χ4n) is 7.76. The minimum absolute atomic E-state index is 0.0400. The molecule has 338 valence electrons. The van der Waals surface area contributed by atoms with E-state index in [2.05, 4.69) is 44.9 Å². The molecule has 20 heteroatoms. The van der Waals surface area contributed by atoms with Crippen molar-refractivity contribution in [1.82, 2.24) is 40.2 Å². The molecule has 0 aliphatic carbocycles. The van der Waals surface area contributed by atoms with Gasteiger partial charge in [-0.1, -0.05) is 47.5 Å². The maximum absolute atomic E-state index is 13.7. The van der Waals surface area contributed by atoms with E-state index in [0.717, 1.165) is 54.9 Å². The van der Waals surface area contributed by atoms with E-state index in [0.29, 0.717) is 57.9 Å². The summed E-state index contributed by atoms with van der Waals surface area (Å²) < 4.78 is 20.4. The van der Waals surface area contributed by atoms with Crippen molar-refractivity contribution in [3.05, 3.63) is 125 Å². The van der Waals surface area contributed by atoms with Gasteiger partial charge in [0, 0.05) is 50.3 Å². The maximum atomic E-state index is 13.7. The summed E-state index contributed by atoms with van der Waals surface area (Å²) >= 11 is 15.4. The molecule has 2 N–H and O–H groups in total. The Morgan fingerprint density at radius 3 is 1.68 bits per heavy atom. The summed E-state index contributed by atoms with van der Waals surface area (Å²) in [5, 5.41) is 26.4. The number of benzene rings is 2. The molecular weight excluding hydrogens is 912 g/mol. The van der Waals surface area contributed by atoms with Gasteiger partial charge in [0.2, 0.25) is 5.91 Å². The second-order valence-electron chi connectivity index (χ2n) is 15.4. The number of aromatic nitrogens is 6. The highest BCUT2D eigenvalue weighted by atomic mass is 35.5. The van der Waals surface area contributed by atoms with E-state index in [1.54, 1.807) is 23.5 Å². The topological polar surface area (TPSA) is 189 Å². The molecule has 2 aromatic carbocycles. The van der Waals surface area contributed by atoms with Crippen molar-refractivity contribution in [2.75, 3.05) is 46.6 Å². The summed E-state index contributed by atoms with van der Waals surface area (Å²) in [6.45, 7) is 11.5. The minimum Gasteiger partial charge on any atom is -0.469 e. The van der Waals surface area contributed by atoms with Crippen LogP contribution in [0.4, 0.5) is 0 Å². The molecule has 0 fully saturated rings. The quantitative estimate of drug-likeness (QED) is 0.0746. The van der Waals surface area contributed by atoms with Gasteiger partial charge in [-0.05, 0) is 70.0 Å². The van der Waals surface area contributed by atoms with Crippen LogP contribution in [0.2, 0.25) is 10.0 Å². The van der Waals surface area contributed by atoms with Gasteiger partial charge >= 0.3 is 5.97 Å². The number of nitrogens with zero attached hydrogens (tertiary/aromatic N) is 8. The molecule has 16 nitrogen and oxygen atoms in total. The van der Waals surface area contributed by atoms with Gasteiger partial charge in [0.1, 0.15) is 33.7 Å². The first-order chi connectivity index (χ1) is 31.3. The van der Waals surface area contributed by atoms with Gasteiger partial charge in [-0.25, -0.2) is 0 Å². The first kappa shape index (κ1) is 45.9. The number of nitrogens with one attached hydrogen (secondary N) is 2. The Kier molecular flexibility index (Phi) is 14.0. The molecule has 6 heterocycles. The van der Waals surface area contributed by atoms with Crippen LogP contribution in [-0.2, 0) is 23.8 Å². The van der Waals surface area contributed by atoms with Gasteiger partial charge in [0.25, 0.3) is 5.91 Å². The van der Waals surface area contributed by atoms with Gasteiger partial charge in [0.05, 0.1) is 62.7 Å². The van der Waals surface area contributed by atoms with Crippen LogP contribution in [0.25, 0.3) is 10.0 Å². The van der Waals surface area contributed by atoms with Crippen LogP contribution in [0.5, 0.6) is 0 Å². The number of halogens is 2. The monoisotopic (exact) mass is 956 g/mol. The predicted molar refractivity (Wildman–Crippen MR) is 250 cm³/mol. The van der Waals surface area contributed by atoms with E-state index in [-0.39, 0.29) is 44.4 Å². The number of hydrogen-bond acceptors (Lipinski definition) is 14. The van der Waals surface area contributed by atoms with Crippen LogP contribution in [0.1, 0.15) is 96.2 Å². The lowest BCUT2D eigenvalue weighted by atomic mass is 9.99. The number of thiophene rings is 2. The molecule has 8 rings (SSSR count). The summed E-state index contributed by atoms with van der Waals surface area (Å²) in [4.78, 5) is 51.4. The van der Waals surface area contributed by atoms with Crippen LogP contribution in [0, 0.1) is 34.6 Å². The van der Waals surface area contributed by atoms with Crippen LogP contribution >= 0.6 is 45.9 Å². The molecular formula is C45H46Cl2N10O6S2. The van der Waals surface area contributed by atoms with Gasteiger partial charge in [0.15, 0.2) is 11.6 Å². The van der Waals surface area contributed by atoms with Gasteiger partial charge in [-0.15, -0.1) is 43.1 Å². The molecule has 0 radical (unpaired) electrons. The number of aliphatic imine (C=N–C) groups is 2. The van der Waals surface area contributed by atoms with Crippen LogP contribution < -0.4 is 10.6 Å². The Morgan fingerprint density at radius 1 is 0.646 bits per heavy atom. The number of aryl methyl sites for hydroxylation is 3. The fraction of sp³-hybridized carbons (Fsp3) is 0.356. The molecule has 2 aliphatic heterocycles. The summed E-state index contributed by atoms with van der Waals surface area (Å²) in [5.41, 5.74) is 6.64. The molecule has 0 saturated carbocycles. The zero-order valence-corrected chi connectivity index (χ0v) is 39.7. The lowest BCUT2D eigenvalue weighted by Crippen LogP contribution is -2.29. The highest BCUT2D eigenvalue weighted by Gasteiger charge is 2.35. The molecule has 0 bridgehead atoms. The SMILES string of the molecule is COC(=O)CC1N=C(c2ccc(Cl)cc2)c2c(sc(C(=O)NCCOCCOCCNC(=O)CC3N=C(c4ccc(Cl)cc4)c4c(sc(C)c4C)-n4c(C)nnc43)c2C)-n2c(C)nnc21. The summed E-state index contributed by atoms with van der Waals surface area (Å²) in [6, 6.07) is 13.6. The highest BCUT2D eigenvalue weighted by molar-refractivity contribution is 7.17. The van der Waals surface area contributed by atoms with Crippen molar-refractivity contribution >= 4 is 75.1 Å². The Balaban J connectivity index is 0.831. The number of rotatable bonds is 16. The summed E-state index contributed by atoms with van der Waals surface area (Å²) in [7, 11) is 1.33. The van der Waals surface area contributed by atoms with Crippen LogP contribution in [0.15, 0.2) is 58.5 Å². The van der Waals surface area contributed by atoms with E-state index in [9.17, 15) is 14.4 Å². The average Bonchev–Trinajstić information content (AvgIpc) is 4.00. The normalized spacial score (nSPS) is 15.1. The van der Waals surface area contributed by atoms with Crippen molar-refractivity contribution in [2.24, 2.45) is 9.98 Å². The van der Waals surface area contributed by atoms with Crippen molar-refractivity contribution in [2.45, 2.75) is 59.5 Å². The first-order valence-corrected chi connectivity index (χ1v) is 23.3. The lowest BCUT2D eigenvalue weighted by Gasteiger charge is -2.13. The molecule has 4 aromatic heterocycles. The Labute approximate surface area is 393 Å². The zero-order valence-electron chi connectivity index (χ0n) is 36.5. The molecule has 0 saturated heterocycles. The van der Waals surface area contributed by atoms with Crippen LogP contribution in [0.3, 0.4) is 0 Å². The van der Waals surface area contributed by atoms with Crippen molar-refractivity contribution in [3.63, 3.8) is 0 Å².